The molecule has 158 valence electrons. The fourth-order valence-electron chi connectivity index (χ4n) is 3.68. The monoisotopic (exact) mass is 407 g/mol. The molecule has 3 aromatic rings. The van der Waals surface area contributed by atoms with Crippen LogP contribution in [0.5, 0.6) is 0 Å². The summed E-state index contributed by atoms with van der Waals surface area (Å²) in [7, 11) is 1.98. The van der Waals surface area contributed by atoms with Crippen molar-refractivity contribution >= 4 is 28.6 Å². The van der Waals surface area contributed by atoms with Gasteiger partial charge in [0.25, 0.3) is 0 Å². The summed E-state index contributed by atoms with van der Waals surface area (Å²) in [6, 6.07) is 8.50. The highest BCUT2D eigenvalue weighted by Gasteiger charge is 2.34. The molecular weight excluding hydrogens is 378 g/mol. The number of rotatable bonds is 4. The topological polar surface area (TPSA) is 72.3 Å². The highest BCUT2D eigenvalue weighted by Crippen LogP contribution is 2.32. The third-order valence-corrected chi connectivity index (χ3v) is 5.39. The largest absolute Gasteiger partial charge is 0.444 e. The number of aryl methyl sites for hydroxylation is 2. The molecule has 1 amide bonds. The van der Waals surface area contributed by atoms with Gasteiger partial charge in [0, 0.05) is 37.8 Å². The number of ether oxygens (including phenoxy) is 1. The van der Waals surface area contributed by atoms with Gasteiger partial charge in [-0.25, -0.2) is 14.8 Å². The zero-order valence-corrected chi connectivity index (χ0v) is 18.3. The third-order valence-electron chi connectivity index (χ3n) is 5.39. The molecule has 0 spiro atoms. The van der Waals surface area contributed by atoms with Gasteiger partial charge in [0.15, 0.2) is 0 Å². The van der Waals surface area contributed by atoms with E-state index in [2.05, 4.69) is 40.4 Å². The molecule has 0 saturated carbocycles. The SMILES string of the molecule is CCc1cc(C2CN(C(=O)OC(C)(C)C)C2)ccc1Nc1cc2c(cn1)ncn2C. The van der Waals surface area contributed by atoms with Crippen molar-refractivity contribution in [1.29, 1.82) is 0 Å². The molecule has 1 aliphatic rings. The number of fused-ring (bicyclic) bond motifs is 1. The molecule has 0 aliphatic carbocycles. The molecule has 2 aromatic heterocycles. The Bertz CT molecular complexity index is 1080. The molecule has 1 fully saturated rings. The van der Waals surface area contributed by atoms with Gasteiger partial charge in [-0.1, -0.05) is 19.1 Å². The molecule has 0 radical (unpaired) electrons. The lowest BCUT2D eigenvalue weighted by Crippen LogP contribution is -2.50. The van der Waals surface area contributed by atoms with E-state index in [1.807, 2.05) is 38.5 Å². The van der Waals surface area contributed by atoms with Crippen molar-refractivity contribution in [3.8, 4) is 0 Å². The molecule has 7 heteroatoms. The molecule has 1 aliphatic heterocycles. The number of carbonyl (C=O) groups excluding carboxylic acids is 1. The Morgan fingerprint density at radius 3 is 2.70 bits per heavy atom. The number of carbonyl (C=O) groups is 1. The smallest absolute Gasteiger partial charge is 0.410 e. The minimum absolute atomic E-state index is 0.232. The molecule has 0 unspecified atom stereocenters. The summed E-state index contributed by atoms with van der Waals surface area (Å²) in [6.07, 6.45) is 4.26. The van der Waals surface area contributed by atoms with Gasteiger partial charge >= 0.3 is 6.09 Å². The molecular formula is C23H29N5O2. The van der Waals surface area contributed by atoms with Crippen molar-refractivity contribution in [3.05, 3.63) is 47.9 Å². The second kappa shape index (κ2) is 7.63. The number of nitrogens with zero attached hydrogens (tertiary/aromatic N) is 4. The van der Waals surface area contributed by atoms with Gasteiger partial charge in [0.1, 0.15) is 16.9 Å². The minimum Gasteiger partial charge on any atom is -0.444 e. The van der Waals surface area contributed by atoms with Gasteiger partial charge in [0.05, 0.1) is 18.0 Å². The summed E-state index contributed by atoms with van der Waals surface area (Å²) in [5.74, 6) is 1.15. The number of amides is 1. The fourth-order valence-corrected chi connectivity index (χ4v) is 3.68. The second-order valence-electron chi connectivity index (χ2n) is 8.89. The summed E-state index contributed by atoms with van der Waals surface area (Å²) in [5.41, 5.74) is 5.01. The first kappa shape index (κ1) is 20.2. The van der Waals surface area contributed by atoms with Crippen LogP contribution in [0.3, 0.4) is 0 Å². The van der Waals surface area contributed by atoms with Crippen molar-refractivity contribution < 1.29 is 9.53 Å². The van der Waals surface area contributed by atoms with Crippen molar-refractivity contribution in [2.75, 3.05) is 18.4 Å². The summed E-state index contributed by atoms with van der Waals surface area (Å²) in [5, 5.41) is 3.45. The van der Waals surface area contributed by atoms with Crippen LogP contribution in [0.15, 0.2) is 36.8 Å². The van der Waals surface area contributed by atoms with Gasteiger partial charge in [-0.15, -0.1) is 0 Å². The number of hydrogen-bond donors (Lipinski definition) is 1. The molecule has 0 bridgehead atoms. The first-order valence-electron chi connectivity index (χ1n) is 10.4. The summed E-state index contributed by atoms with van der Waals surface area (Å²) in [6.45, 7) is 9.22. The Morgan fingerprint density at radius 2 is 2.00 bits per heavy atom. The minimum atomic E-state index is -0.461. The summed E-state index contributed by atoms with van der Waals surface area (Å²) >= 11 is 0. The number of anilines is 2. The van der Waals surface area contributed by atoms with Crippen molar-refractivity contribution in [2.45, 2.75) is 45.6 Å². The van der Waals surface area contributed by atoms with Crippen LogP contribution >= 0.6 is 0 Å². The Morgan fingerprint density at radius 1 is 1.23 bits per heavy atom. The van der Waals surface area contributed by atoms with E-state index < -0.39 is 5.60 Å². The number of imidazole rings is 1. The van der Waals surface area contributed by atoms with Crippen LogP contribution in [0.2, 0.25) is 0 Å². The van der Waals surface area contributed by atoms with E-state index in [9.17, 15) is 4.79 Å². The molecule has 3 heterocycles. The molecule has 1 N–H and O–H groups in total. The molecule has 1 aromatic carbocycles. The van der Waals surface area contributed by atoms with Gasteiger partial charge in [0.2, 0.25) is 0 Å². The Kier molecular flexibility index (Phi) is 5.13. The fraction of sp³-hybridized carbons (Fsp3) is 0.435. The molecule has 7 nitrogen and oxygen atoms in total. The predicted octanol–water partition coefficient (Wildman–Crippen LogP) is 4.61. The third kappa shape index (κ3) is 4.10. The van der Waals surface area contributed by atoms with Crippen LogP contribution in [-0.2, 0) is 18.2 Å². The highest BCUT2D eigenvalue weighted by atomic mass is 16.6. The number of benzene rings is 1. The second-order valence-corrected chi connectivity index (χ2v) is 8.89. The lowest BCUT2D eigenvalue weighted by atomic mass is 9.90. The summed E-state index contributed by atoms with van der Waals surface area (Å²) in [4.78, 5) is 22.8. The van der Waals surface area contributed by atoms with Gasteiger partial charge in [-0.3, -0.25) is 0 Å². The van der Waals surface area contributed by atoms with Crippen LogP contribution in [0.4, 0.5) is 16.3 Å². The van der Waals surface area contributed by atoms with Crippen LogP contribution in [0, 0.1) is 0 Å². The highest BCUT2D eigenvalue weighted by molar-refractivity contribution is 5.78. The lowest BCUT2D eigenvalue weighted by molar-refractivity contribution is 0.00819. The Labute approximate surface area is 177 Å². The molecule has 0 atom stereocenters. The van der Waals surface area contributed by atoms with E-state index in [-0.39, 0.29) is 6.09 Å². The van der Waals surface area contributed by atoms with E-state index in [4.69, 9.17) is 4.74 Å². The van der Waals surface area contributed by atoms with Gasteiger partial charge < -0.3 is 19.5 Å². The van der Waals surface area contributed by atoms with Crippen LogP contribution in [-0.4, -0.2) is 44.2 Å². The first-order chi connectivity index (χ1) is 14.2. The zero-order valence-electron chi connectivity index (χ0n) is 18.3. The van der Waals surface area contributed by atoms with Gasteiger partial charge in [-0.2, -0.15) is 0 Å². The lowest BCUT2D eigenvalue weighted by Gasteiger charge is -2.40. The molecule has 4 rings (SSSR count). The maximum absolute atomic E-state index is 12.2. The maximum Gasteiger partial charge on any atom is 0.410 e. The van der Waals surface area contributed by atoms with E-state index in [1.54, 1.807) is 17.4 Å². The quantitative estimate of drug-likeness (QED) is 0.684. The van der Waals surface area contributed by atoms with Crippen LogP contribution < -0.4 is 5.32 Å². The van der Waals surface area contributed by atoms with E-state index >= 15 is 0 Å². The van der Waals surface area contributed by atoms with Gasteiger partial charge in [-0.05, 0) is 44.4 Å². The van der Waals surface area contributed by atoms with Crippen molar-refractivity contribution in [3.63, 3.8) is 0 Å². The average Bonchev–Trinajstić information content (AvgIpc) is 3.00. The number of pyridine rings is 1. The van der Waals surface area contributed by atoms with E-state index in [1.165, 1.54) is 11.1 Å². The number of likely N-dealkylation sites (tertiary alicyclic amines) is 1. The van der Waals surface area contributed by atoms with Crippen LogP contribution in [0.1, 0.15) is 44.7 Å². The molecule has 30 heavy (non-hydrogen) atoms. The van der Waals surface area contributed by atoms with Crippen molar-refractivity contribution in [1.82, 2.24) is 19.4 Å². The summed E-state index contributed by atoms with van der Waals surface area (Å²) < 4.78 is 7.44. The standard InChI is InChI=1S/C23H29N5O2/c1-6-15-9-16(17-12-28(13-17)22(29)30-23(2,3)4)7-8-18(15)26-21-10-20-19(11-24-21)25-14-27(20)5/h7-11,14,17H,6,12-13H2,1-5H3,(H,24,26). The Balaban J connectivity index is 1.46. The van der Waals surface area contributed by atoms with Crippen molar-refractivity contribution in [2.24, 2.45) is 7.05 Å². The Hall–Kier alpha value is -3.09. The normalized spacial score (nSPS) is 14.6. The molecule has 1 saturated heterocycles. The van der Waals surface area contributed by atoms with Crippen LogP contribution in [0.25, 0.3) is 11.0 Å². The number of hydrogen-bond acceptors (Lipinski definition) is 5. The zero-order chi connectivity index (χ0) is 21.5. The predicted molar refractivity (Wildman–Crippen MR) is 118 cm³/mol. The van der Waals surface area contributed by atoms with E-state index in [0.717, 1.165) is 29.0 Å². The van der Waals surface area contributed by atoms with E-state index in [0.29, 0.717) is 19.0 Å². The maximum atomic E-state index is 12.2. The number of nitrogens with one attached hydrogen (secondary N) is 1. The average molecular weight is 408 g/mol. The number of aromatic nitrogens is 3. The first-order valence-corrected chi connectivity index (χ1v) is 10.4.